The van der Waals surface area contributed by atoms with Gasteiger partial charge in [-0.25, -0.2) is 0 Å². The highest BCUT2D eigenvalue weighted by Gasteiger charge is 2.15. The summed E-state index contributed by atoms with van der Waals surface area (Å²) in [6, 6.07) is 16.1. The Hall–Kier alpha value is -2.93. The number of aromatic nitrogens is 3. The molecule has 0 aliphatic carbocycles. The molecule has 0 fully saturated rings. The summed E-state index contributed by atoms with van der Waals surface area (Å²) in [7, 11) is 0. The molecule has 6 nitrogen and oxygen atoms in total. The molecule has 0 amide bonds. The Balaban J connectivity index is 1.82. The first-order chi connectivity index (χ1) is 14.0. The van der Waals surface area contributed by atoms with Gasteiger partial charge in [0, 0.05) is 18.4 Å². The van der Waals surface area contributed by atoms with E-state index < -0.39 is 0 Å². The van der Waals surface area contributed by atoms with Crippen LogP contribution in [0.25, 0.3) is 16.7 Å². The number of halogens is 2. The van der Waals surface area contributed by atoms with Crippen LogP contribution in [-0.2, 0) is 6.42 Å². The van der Waals surface area contributed by atoms with Crippen LogP contribution in [0.2, 0.25) is 10.0 Å². The lowest BCUT2D eigenvalue weighted by Gasteiger charge is -2.09. The largest absolute Gasteiger partial charge is 0.505 e. The Morgan fingerprint density at radius 2 is 1.62 bits per heavy atom. The van der Waals surface area contributed by atoms with Gasteiger partial charge in [0.1, 0.15) is 16.7 Å². The summed E-state index contributed by atoms with van der Waals surface area (Å²) in [5.74, 6) is -0.0242. The molecule has 29 heavy (non-hydrogen) atoms. The molecule has 0 atom stereocenters. The van der Waals surface area contributed by atoms with Crippen LogP contribution in [0.5, 0.6) is 5.75 Å². The molecule has 0 aliphatic rings. The van der Waals surface area contributed by atoms with Crippen molar-refractivity contribution in [3.63, 3.8) is 0 Å². The molecule has 0 saturated heterocycles. The van der Waals surface area contributed by atoms with Gasteiger partial charge in [0.25, 0.3) is 0 Å². The van der Waals surface area contributed by atoms with Crippen molar-refractivity contribution in [1.29, 1.82) is 0 Å². The van der Waals surface area contributed by atoms with Gasteiger partial charge in [0.2, 0.25) is 0 Å². The minimum absolute atomic E-state index is 0.0242. The topological polar surface area (TPSA) is 83.5 Å². The molecule has 0 radical (unpaired) electrons. The Kier molecular flexibility index (Phi) is 5.49. The van der Waals surface area contributed by atoms with E-state index in [4.69, 9.17) is 23.2 Å². The summed E-state index contributed by atoms with van der Waals surface area (Å²) in [6.07, 6.45) is 1.99. The molecule has 0 saturated carbocycles. The minimum Gasteiger partial charge on any atom is -0.505 e. The molecule has 146 valence electrons. The monoisotopic (exact) mass is 426 g/mol. The number of aliphatic imine (C=N–C) groups is 1. The highest BCUT2D eigenvalue weighted by atomic mass is 35.5. The molecule has 1 aromatic heterocycles. The Bertz CT molecular complexity index is 1170. The van der Waals surface area contributed by atoms with Crippen LogP contribution in [0.3, 0.4) is 0 Å². The van der Waals surface area contributed by atoms with Gasteiger partial charge in [-0.3, -0.25) is 4.99 Å². The zero-order valence-electron chi connectivity index (χ0n) is 15.1. The lowest BCUT2D eigenvalue weighted by Crippen LogP contribution is -2.03. The van der Waals surface area contributed by atoms with Crippen molar-refractivity contribution in [1.82, 2.24) is 15.0 Å². The van der Waals surface area contributed by atoms with E-state index in [1.54, 1.807) is 30.5 Å². The van der Waals surface area contributed by atoms with E-state index in [9.17, 15) is 10.2 Å². The second-order valence-corrected chi connectivity index (χ2v) is 7.18. The van der Waals surface area contributed by atoms with Gasteiger partial charge in [-0.15, -0.1) is 15.0 Å². The lowest BCUT2D eigenvalue weighted by molar-refractivity contribution is 0.299. The Labute approximate surface area is 176 Å². The number of fused-ring (bicyclic) bond motifs is 1. The zero-order chi connectivity index (χ0) is 20.4. The molecule has 0 aliphatic heterocycles. The van der Waals surface area contributed by atoms with E-state index >= 15 is 0 Å². The maximum Gasteiger partial charge on any atom is 0.151 e. The first kappa shape index (κ1) is 19.4. The predicted molar refractivity (Wildman–Crippen MR) is 115 cm³/mol. The van der Waals surface area contributed by atoms with Crippen molar-refractivity contribution in [2.75, 3.05) is 6.61 Å². The molecule has 1 heterocycles. The second kappa shape index (κ2) is 8.21. The molecule has 0 spiro atoms. The van der Waals surface area contributed by atoms with Crippen molar-refractivity contribution in [3.8, 4) is 11.4 Å². The maximum absolute atomic E-state index is 10.8. The number of phenolic OH excluding ortho intramolecular Hbond substituents is 1. The number of hydrogen-bond donors (Lipinski definition) is 2. The Morgan fingerprint density at radius 3 is 2.24 bits per heavy atom. The van der Waals surface area contributed by atoms with E-state index in [-0.39, 0.29) is 12.4 Å². The number of para-hydroxylation sites is 1. The van der Waals surface area contributed by atoms with Crippen molar-refractivity contribution in [2.24, 2.45) is 4.99 Å². The number of nitrogens with zero attached hydrogens (tertiary/aromatic N) is 4. The summed E-state index contributed by atoms with van der Waals surface area (Å²) < 4.78 is 0. The molecule has 0 unspecified atom stereocenters. The van der Waals surface area contributed by atoms with Gasteiger partial charge < -0.3 is 10.2 Å². The number of phenols is 1. The zero-order valence-corrected chi connectivity index (χ0v) is 16.6. The SMILES string of the molecule is OCCc1cc(C=Nc2ccccc2)c(O)c(-n2nc3cc(Cl)c(Cl)cc3n2)c1. The molecule has 8 heteroatoms. The maximum atomic E-state index is 10.8. The number of aliphatic hydroxyl groups excluding tert-OH is 1. The van der Waals surface area contributed by atoms with Crippen molar-refractivity contribution in [2.45, 2.75) is 6.42 Å². The van der Waals surface area contributed by atoms with Crippen LogP contribution in [0.4, 0.5) is 5.69 Å². The fourth-order valence-corrected chi connectivity index (χ4v) is 3.22. The quantitative estimate of drug-likeness (QED) is 0.452. The normalized spacial score (nSPS) is 11.6. The highest BCUT2D eigenvalue weighted by molar-refractivity contribution is 6.42. The van der Waals surface area contributed by atoms with Gasteiger partial charge in [-0.1, -0.05) is 41.4 Å². The van der Waals surface area contributed by atoms with Gasteiger partial charge in [-0.2, -0.15) is 0 Å². The van der Waals surface area contributed by atoms with Gasteiger partial charge >= 0.3 is 0 Å². The van der Waals surface area contributed by atoms with Crippen LogP contribution in [-0.4, -0.2) is 38.0 Å². The molecular weight excluding hydrogens is 411 g/mol. The summed E-state index contributed by atoms with van der Waals surface area (Å²) in [4.78, 5) is 5.73. The molecule has 4 rings (SSSR count). The van der Waals surface area contributed by atoms with E-state index in [1.165, 1.54) is 4.80 Å². The second-order valence-electron chi connectivity index (χ2n) is 6.36. The molecule has 0 bridgehead atoms. The van der Waals surface area contributed by atoms with E-state index in [2.05, 4.69) is 15.2 Å². The first-order valence-electron chi connectivity index (χ1n) is 8.83. The summed E-state index contributed by atoms with van der Waals surface area (Å²) >= 11 is 12.1. The number of aliphatic hydroxyl groups is 1. The van der Waals surface area contributed by atoms with Crippen LogP contribution < -0.4 is 0 Å². The van der Waals surface area contributed by atoms with Gasteiger partial charge in [-0.05, 0) is 48.4 Å². The van der Waals surface area contributed by atoms with Gasteiger partial charge in [0.15, 0.2) is 5.75 Å². The third kappa shape index (κ3) is 4.10. The highest BCUT2D eigenvalue weighted by Crippen LogP contribution is 2.30. The van der Waals surface area contributed by atoms with Crippen molar-refractivity contribution < 1.29 is 10.2 Å². The third-order valence-electron chi connectivity index (χ3n) is 4.33. The number of hydrogen-bond acceptors (Lipinski definition) is 5. The van der Waals surface area contributed by atoms with E-state index in [0.717, 1.165) is 11.3 Å². The van der Waals surface area contributed by atoms with Crippen molar-refractivity contribution in [3.05, 3.63) is 75.8 Å². The van der Waals surface area contributed by atoms with Crippen LogP contribution in [0, 0.1) is 0 Å². The summed E-state index contributed by atoms with van der Waals surface area (Å²) in [5, 5.41) is 29.8. The molecular formula is C21H16Cl2N4O2. The number of benzene rings is 3. The van der Waals surface area contributed by atoms with Crippen LogP contribution in [0.1, 0.15) is 11.1 Å². The molecule has 4 aromatic rings. The fourth-order valence-electron chi connectivity index (χ4n) is 2.90. The standard InChI is InChI=1S/C21H16Cl2N4O2/c22-16-10-18-19(11-17(16)23)26-27(25-18)20-9-13(6-7-28)8-14(21(20)29)12-24-15-4-2-1-3-5-15/h1-5,8-12,28-29H,6-7H2. The summed E-state index contributed by atoms with van der Waals surface area (Å²) in [6.45, 7) is -0.0286. The molecule has 2 N–H and O–H groups in total. The third-order valence-corrected chi connectivity index (χ3v) is 5.05. The van der Waals surface area contributed by atoms with Crippen LogP contribution >= 0.6 is 23.2 Å². The minimum atomic E-state index is -0.0286. The Morgan fingerprint density at radius 1 is 0.966 bits per heavy atom. The molecule has 3 aromatic carbocycles. The summed E-state index contributed by atoms with van der Waals surface area (Å²) in [5.41, 5.74) is 3.53. The van der Waals surface area contributed by atoms with Crippen LogP contribution in [0.15, 0.2) is 59.6 Å². The average molecular weight is 427 g/mol. The number of aromatic hydroxyl groups is 1. The predicted octanol–water partition coefficient (Wildman–Crippen LogP) is 4.72. The smallest absolute Gasteiger partial charge is 0.151 e. The van der Waals surface area contributed by atoms with Gasteiger partial charge in [0.05, 0.1) is 15.7 Å². The van der Waals surface area contributed by atoms with E-state index in [1.807, 2.05) is 30.3 Å². The number of rotatable bonds is 5. The lowest BCUT2D eigenvalue weighted by atomic mass is 10.1. The van der Waals surface area contributed by atoms with Crippen molar-refractivity contribution >= 4 is 46.1 Å². The fraction of sp³-hybridized carbons (Fsp3) is 0.0952. The first-order valence-corrected chi connectivity index (χ1v) is 9.59. The average Bonchev–Trinajstić information content (AvgIpc) is 3.12. The van der Waals surface area contributed by atoms with E-state index in [0.29, 0.717) is 38.8 Å².